The second-order valence-corrected chi connectivity index (χ2v) is 7.66. The van der Waals surface area contributed by atoms with E-state index in [2.05, 4.69) is 5.32 Å². The van der Waals surface area contributed by atoms with Crippen molar-refractivity contribution < 1.29 is 22.3 Å². The van der Waals surface area contributed by atoms with Crippen LogP contribution in [0, 0.1) is 5.82 Å². The number of methoxy groups -OCH3 is 1. The summed E-state index contributed by atoms with van der Waals surface area (Å²) in [5.74, 6) is -0.264. The summed E-state index contributed by atoms with van der Waals surface area (Å²) >= 11 is 0. The molecule has 8 heteroatoms. The van der Waals surface area contributed by atoms with Gasteiger partial charge in [-0.05, 0) is 24.3 Å². The first-order valence-corrected chi connectivity index (χ1v) is 9.77. The molecule has 0 bridgehead atoms. The van der Waals surface area contributed by atoms with Crippen molar-refractivity contribution in [3.05, 3.63) is 65.5 Å². The molecule has 2 aromatic rings. The van der Waals surface area contributed by atoms with E-state index in [0.29, 0.717) is 11.3 Å². The molecular weight excluding hydrogens is 359 g/mol. The van der Waals surface area contributed by atoms with Crippen LogP contribution in [0.3, 0.4) is 0 Å². The third-order valence-electron chi connectivity index (χ3n) is 3.75. The quantitative estimate of drug-likeness (QED) is 0.760. The maximum Gasteiger partial charge on any atom is 0.251 e. The number of ether oxygens (including phenoxy) is 1. The molecule has 1 amide bonds. The minimum atomic E-state index is -3.56. The van der Waals surface area contributed by atoms with E-state index in [0.717, 1.165) is 10.6 Å². The number of hydrogen-bond acceptors (Lipinski definition) is 4. The van der Waals surface area contributed by atoms with Crippen LogP contribution < -0.4 is 10.1 Å². The minimum absolute atomic E-state index is 0.0306. The predicted molar refractivity (Wildman–Crippen MR) is 97.0 cm³/mol. The van der Waals surface area contributed by atoms with Gasteiger partial charge in [-0.3, -0.25) is 4.79 Å². The van der Waals surface area contributed by atoms with Crippen molar-refractivity contribution in [2.45, 2.75) is 6.54 Å². The topological polar surface area (TPSA) is 75.7 Å². The van der Waals surface area contributed by atoms with Gasteiger partial charge in [0.2, 0.25) is 10.0 Å². The fourth-order valence-corrected chi connectivity index (χ4v) is 3.14. The summed E-state index contributed by atoms with van der Waals surface area (Å²) in [5.41, 5.74) is 0.682. The van der Waals surface area contributed by atoms with Crippen LogP contribution in [0.1, 0.15) is 15.9 Å². The fraction of sp³-hybridized carbons (Fsp3) is 0.278. The first kappa shape index (κ1) is 19.9. The third-order valence-corrected chi connectivity index (χ3v) is 5.00. The monoisotopic (exact) mass is 380 g/mol. The number of sulfonamides is 1. The van der Waals surface area contributed by atoms with E-state index in [1.807, 2.05) is 0 Å². The highest BCUT2D eigenvalue weighted by molar-refractivity contribution is 7.88. The van der Waals surface area contributed by atoms with E-state index in [-0.39, 0.29) is 31.1 Å². The molecule has 0 spiro atoms. The second-order valence-electron chi connectivity index (χ2n) is 5.68. The van der Waals surface area contributed by atoms with Crippen LogP contribution in [0.5, 0.6) is 5.75 Å². The molecule has 1 N–H and O–H groups in total. The highest BCUT2D eigenvalue weighted by Gasteiger charge is 2.18. The van der Waals surface area contributed by atoms with Gasteiger partial charge in [0.25, 0.3) is 5.91 Å². The standard InChI is InChI=1S/C18H21FN2O4S/c1-25-16-8-5-7-14(12-16)18(22)20-10-11-21(26(2,23)24)13-15-6-3-4-9-17(15)19/h3-9,12H,10-11,13H2,1-2H3,(H,20,22). The van der Waals surface area contributed by atoms with Crippen molar-refractivity contribution in [1.82, 2.24) is 9.62 Å². The normalized spacial score (nSPS) is 11.4. The number of amides is 1. The summed E-state index contributed by atoms with van der Waals surface area (Å²) in [6.07, 6.45) is 1.05. The Morgan fingerprint density at radius 1 is 1.19 bits per heavy atom. The minimum Gasteiger partial charge on any atom is -0.497 e. The smallest absolute Gasteiger partial charge is 0.251 e. The van der Waals surface area contributed by atoms with Crippen LogP contribution in [-0.2, 0) is 16.6 Å². The second kappa shape index (κ2) is 8.77. The zero-order valence-electron chi connectivity index (χ0n) is 14.6. The maximum atomic E-state index is 13.8. The molecule has 140 valence electrons. The van der Waals surface area contributed by atoms with Crippen LogP contribution in [0.15, 0.2) is 48.5 Å². The number of carbonyl (C=O) groups excluding carboxylic acids is 1. The number of nitrogens with zero attached hydrogens (tertiary/aromatic N) is 1. The number of hydrogen-bond donors (Lipinski definition) is 1. The van der Waals surface area contributed by atoms with Gasteiger partial charge in [0.15, 0.2) is 0 Å². The van der Waals surface area contributed by atoms with Crippen LogP contribution in [0.2, 0.25) is 0 Å². The molecule has 6 nitrogen and oxygen atoms in total. The number of rotatable bonds is 8. The molecule has 26 heavy (non-hydrogen) atoms. The van der Waals surface area contributed by atoms with E-state index < -0.39 is 15.8 Å². The van der Waals surface area contributed by atoms with Crippen molar-refractivity contribution in [3.63, 3.8) is 0 Å². The molecule has 2 rings (SSSR count). The lowest BCUT2D eigenvalue weighted by Gasteiger charge is -2.20. The maximum absolute atomic E-state index is 13.8. The summed E-state index contributed by atoms with van der Waals surface area (Å²) in [5, 5.41) is 2.66. The molecule has 0 saturated carbocycles. The number of nitrogens with one attached hydrogen (secondary N) is 1. The van der Waals surface area contributed by atoms with Gasteiger partial charge in [-0.2, -0.15) is 4.31 Å². The van der Waals surface area contributed by atoms with Gasteiger partial charge in [0, 0.05) is 30.8 Å². The summed E-state index contributed by atoms with van der Waals surface area (Å²) in [6.45, 7) is 0.0287. The summed E-state index contributed by atoms with van der Waals surface area (Å²) in [4.78, 5) is 12.2. The Balaban J connectivity index is 1.99. The lowest BCUT2D eigenvalue weighted by atomic mass is 10.2. The molecule has 0 aliphatic heterocycles. The van der Waals surface area contributed by atoms with E-state index in [1.165, 1.54) is 25.3 Å². The van der Waals surface area contributed by atoms with Crippen molar-refractivity contribution >= 4 is 15.9 Å². The van der Waals surface area contributed by atoms with Gasteiger partial charge in [-0.25, -0.2) is 12.8 Å². The molecule has 0 radical (unpaired) electrons. The molecule has 0 fully saturated rings. The molecule has 0 aliphatic rings. The van der Waals surface area contributed by atoms with Crippen LogP contribution in [-0.4, -0.2) is 45.1 Å². The summed E-state index contributed by atoms with van der Waals surface area (Å²) < 4.78 is 43.9. The average Bonchev–Trinajstić information content (AvgIpc) is 2.61. The zero-order chi connectivity index (χ0) is 19.2. The number of halogens is 1. The van der Waals surface area contributed by atoms with Gasteiger partial charge in [-0.15, -0.1) is 0 Å². The van der Waals surface area contributed by atoms with Gasteiger partial charge >= 0.3 is 0 Å². The Kier molecular flexibility index (Phi) is 6.70. The molecule has 0 unspecified atom stereocenters. The fourth-order valence-electron chi connectivity index (χ4n) is 2.34. The first-order chi connectivity index (χ1) is 12.3. The lowest BCUT2D eigenvalue weighted by molar-refractivity contribution is 0.0951. The highest BCUT2D eigenvalue weighted by Crippen LogP contribution is 2.13. The Morgan fingerprint density at radius 2 is 1.92 bits per heavy atom. The van der Waals surface area contributed by atoms with Crippen molar-refractivity contribution in [1.29, 1.82) is 0 Å². The molecule has 0 aliphatic carbocycles. The van der Waals surface area contributed by atoms with Crippen LogP contribution in [0.25, 0.3) is 0 Å². The number of benzene rings is 2. The van der Waals surface area contributed by atoms with Crippen molar-refractivity contribution in [2.75, 3.05) is 26.5 Å². The first-order valence-electron chi connectivity index (χ1n) is 7.92. The van der Waals surface area contributed by atoms with E-state index in [9.17, 15) is 17.6 Å². The molecule has 0 heterocycles. The highest BCUT2D eigenvalue weighted by atomic mass is 32.2. The van der Waals surface area contributed by atoms with Gasteiger partial charge in [0.1, 0.15) is 11.6 Å². The molecule has 0 aromatic heterocycles. The molecule has 0 atom stereocenters. The molecular formula is C18H21FN2O4S. The zero-order valence-corrected chi connectivity index (χ0v) is 15.4. The summed E-state index contributed by atoms with van der Waals surface area (Å²) in [6, 6.07) is 12.6. The SMILES string of the molecule is COc1cccc(C(=O)NCCN(Cc2ccccc2F)S(C)(=O)=O)c1. The molecule has 0 saturated heterocycles. The van der Waals surface area contributed by atoms with Crippen LogP contribution >= 0.6 is 0 Å². The van der Waals surface area contributed by atoms with Gasteiger partial charge in [-0.1, -0.05) is 24.3 Å². The largest absolute Gasteiger partial charge is 0.497 e. The van der Waals surface area contributed by atoms with Crippen LogP contribution in [0.4, 0.5) is 4.39 Å². The Morgan fingerprint density at radius 3 is 2.58 bits per heavy atom. The Labute approximate surface area is 152 Å². The van der Waals surface area contributed by atoms with E-state index >= 15 is 0 Å². The third kappa shape index (κ3) is 5.53. The predicted octanol–water partition coefficient (Wildman–Crippen LogP) is 2.03. The van der Waals surface area contributed by atoms with Crippen molar-refractivity contribution in [2.24, 2.45) is 0 Å². The van der Waals surface area contributed by atoms with Crippen molar-refractivity contribution in [3.8, 4) is 5.75 Å². The molecule has 2 aromatic carbocycles. The Hall–Kier alpha value is -2.45. The Bertz CT molecular complexity index is 871. The van der Waals surface area contributed by atoms with Gasteiger partial charge in [0.05, 0.1) is 13.4 Å². The summed E-state index contributed by atoms with van der Waals surface area (Å²) in [7, 11) is -2.05. The number of carbonyl (C=O) groups is 1. The van der Waals surface area contributed by atoms with Gasteiger partial charge < -0.3 is 10.1 Å². The average molecular weight is 380 g/mol. The lowest BCUT2D eigenvalue weighted by Crippen LogP contribution is -2.37. The van der Waals surface area contributed by atoms with E-state index in [4.69, 9.17) is 4.74 Å². The van der Waals surface area contributed by atoms with E-state index in [1.54, 1.807) is 30.3 Å².